The van der Waals surface area contributed by atoms with E-state index in [-0.39, 0.29) is 10.9 Å². The van der Waals surface area contributed by atoms with Gasteiger partial charge in [-0.25, -0.2) is 9.37 Å². The number of fused-ring (bicyclic) bond motifs is 1. The lowest BCUT2D eigenvalue weighted by molar-refractivity contribution is 0.628. The van der Waals surface area contributed by atoms with Gasteiger partial charge >= 0.3 is 0 Å². The van der Waals surface area contributed by atoms with Gasteiger partial charge in [0.2, 0.25) is 5.88 Å². The molecular formula is C21H13ClFN3O. The number of nitrogen functional groups attached to an aromatic ring is 1. The van der Waals surface area contributed by atoms with Crippen LogP contribution in [0.4, 0.5) is 21.6 Å². The summed E-state index contributed by atoms with van der Waals surface area (Å²) >= 11 is 5.84. The number of pyridine rings is 1. The van der Waals surface area contributed by atoms with Crippen molar-refractivity contribution >= 4 is 39.8 Å². The average molecular weight is 378 g/mol. The molecule has 0 spiro atoms. The lowest BCUT2D eigenvalue weighted by Crippen LogP contribution is -1.94. The molecule has 4 rings (SSSR count). The number of hydrogen-bond donors (Lipinski definition) is 2. The predicted molar refractivity (Wildman–Crippen MR) is 106 cm³/mol. The first-order chi connectivity index (χ1) is 13.1. The second-order valence-electron chi connectivity index (χ2n) is 5.75. The molecule has 2 heterocycles. The first kappa shape index (κ1) is 17.0. The van der Waals surface area contributed by atoms with Gasteiger partial charge in [0.15, 0.2) is 11.3 Å². The first-order valence-electron chi connectivity index (χ1n) is 8.08. The molecule has 0 atom stereocenters. The summed E-state index contributed by atoms with van der Waals surface area (Å²) in [6.45, 7) is 0. The zero-order valence-electron chi connectivity index (χ0n) is 14.0. The summed E-state index contributed by atoms with van der Waals surface area (Å²) in [7, 11) is 0. The summed E-state index contributed by atoms with van der Waals surface area (Å²) in [6, 6.07) is 15.7. The predicted octanol–water partition coefficient (Wildman–Crippen LogP) is 5.35. The van der Waals surface area contributed by atoms with Crippen molar-refractivity contribution in [2.24, 2.45) is 0 Å². The van der Waals surface area contributed by atoms with Gasteiger partial charge in [-0.15, -0.1) is 0 Å². The van der Waals surface area contributed by atoms with Gasteiger partial charge in [-0.1, -0.05) is 35.7 Å². The number of nitrogens with two attached hydrogens (primary N) is 1. The van der Waals surface area contributed by atoms with Crippen molar-refractivity contribution in [2.75, 3.05) is 11.1 Å². The van der Waals surface area contributed by atoms with Gasteiger partial charge in [0.25, 0.3) is 0 Å². The highest BCUT2D eigenvalue weighted by Gasteiger charge is 2.15. The Morgan fingerprint density at radius 2 is 1.89 bits per heavy atom. The van der Waals surface area contributed by atoms with Crippen molar-refractivity contribution in [3.8, 4) is 11.8 Å². The fourth-order valence-electron chi connectivity index (χ4n) is 2.63. The standard InChI is InChI=1S/C21H13ClFN3O/c22-16-12-14(7-8-17(16)23)26-19-15-10-11-25-18(20(15)27-21(19)24)9-6-13-4-2-1-3-5-13/h1-5,7-8,10-12,26H,24H2. The van der Waals surface area contributed by atoms with Crippen LogP contribution in [-0.4, -0.2) is 4.98 Å². The minimum Gasteiger partial charge on any atom is -0.436 e. The van der Waals surface area contributed by atoms with Crippen molar-refractivity contribution < 1.29 is 8.81 Å². The van der Waals surface area contributed by atoms with Crippen molar-refractivity contribution in [3.63, 3.8) is 0 Å². The Morgan fingerprint density at radius 1 is 1.07 bits per heavy atom. The maximum absolute atomic E-state index is 13.4. The summed E-state index contributed by atoms with van der Waals surface area (Å²) in [5, 5.41) is 3.86. The lowest BCUT2D eigenvalue weighted by Gasteiger charge is -2.06. The van der Waals surface area contributed by atoms with E-state index in [9.17, 15) is 4.39 Å². The molecule has 0 saturated carbocycles. The number of furan rings is 1. The monoisotopic (exact) mass is 377 g/mol. The molecule has 0 aliphatic carbocycles. The molecular weight excluding hydrogens is 365 g/mol. The third kappa shape index (κ3) is 3.43. The molecule has 4 aromatic rings. The number of benzene rings is 2. The molecule has 0 saturated heterocycles. The number of rotatable bonds is 2. The second kappa shape index (κ2) is 7.02. The van der Waals surface area contributed by atoms with E-state index in [0.29, 0.717) is 22.7 Å². The van der Waals surface area contributed by atoms with Crippen molar-refractivity contribution in [1.29, 1.82) is 0 Å². The van der Waals surface area contributed by atoms with Crippen LogP contribution < -0.4 is 11.1 Å². The summed E-state index contributed by atoms with van der Waals surface area (Å²) in [6.07, 6.45) is 1.63. The molecule has 0 bridgehead atoms. The van der Waals surface area contributed by atoms with Crippen LogP contribution in [-0.2, 0) is 0 Å². The number of nitrogens with one attached hydrogen (secondary N) is 1. The van der Waals surface area contributed by atoms with E-state index in [4.69, 9.17) is 21.8 Å². The van der Waals surface area contributed by atoms with Crippen LogP contribution in [0.3, 0.4) is 0 Å². The van der Waals surface area contributed by atoms with Crippen LogP contribution in [0.1, 0.15) is 11.3 Å². The maximum Gasteiger partial charge on any atom is 0.215 e. The summed E-state index contributed by atoms with van der Waals surface area (Å²) in [4.78, 5) is 4.29. The largest absolute Gasteiger partial charge is 0.436 e. The molecule has 0 radical (unpaired) electrons. The highest BCUT2D eigenvalue weighted by atomic mass is 35.5. The van der Waals surface area contributed by atoms with E-state index >= 15 is 0 Å². The van der Waals surface area contributed by atoms with E-state index in [1.54, 1.807) is 18.3 Å². The Morgan fingerprint density at radius 3 is 2.67 bits per heavy atom. The van der Waals surface area contributed by atoms with Crippen LogP contribution in [0.2, 0.25) is 5.02 Å². The third-order valence-corrected chi connectivity index (χ3v) is 4.21. The highest BCUT2D eigenvalue weighted by Crippen LogP contribution is 2.36. The molecule has 3 N–H and O–H groups in total. The molecule has 0 unspecified atom stereocenters. The molecule has 4 nitrogen and oxygen atoms in total. The third-order valence-electron chi connectivity index (χ3n) is 3.92. The molecule has 6 heteroatoms. The van der Waals surface area contributed by atoms with Gasteiger partial charge < -0.3 is 15.5 Å². The Kier molecular flexibility index (Phi) is 4.41. The fourth-order valence-corrected chi connectivity index (χ4v) is 2.81. The van der Waals surface area contributed by atoms with Crippen LogP contribution in [0.15, 0.2) is 65.2 Å². The Hall–Kier alpha value is -3.49. The van der Waals surface area contributed by atoms with Crippen molar-refractivity contribution in [1.82, 2.24) is 4.98 Å². The van der Waals surface area contributed by atoms with E-state index in [1.807, 2.05) is 30.3 Å². The minimum atomic E-state index is -0.491. The number of aromatic nitrogens is 1. The lowest BCUT2D eigenvalue weighted by atomic mass is 10.2. The van der Waals surface area contributed by atoms with Gasteiger partial charge in [-0.2, -0.15) is 0 Å². The summed E-state index contributed by atoms with van der Waals surface area (Å²) < 4.78 is 19.0. The van der Waals surface area contributed by atoms with Gasteiger partial charge in [-0.05, 0) is 42.3 Å². The van der Waals surface area contributed by atoms with Crippen LogP contribution in [0, 0.1) is 17.7 Å². The number of anilines is 3. The smallest absolute Gasteiger partial charge is 0.215 e. The summed E-state index contributed by atoms with van der Waals surface area (Å²) in [5.41, 5.74) is 9.01. The quantitative estimate of drug-likeness (QED) is 0.462. The van der Waals surface area contributed by atoms with E-state index in [0.717, 1.165) is 10.9 Å². The topological polar surface area (TPSA) is 64.1 Å². The number of nitrogens with zero attached hydrogens (tertiary/aromatic N) is 1. The molecule has 0 fully saturated rings. The molecule has 0 aliphatic rings. The Bertz CT molecular complexity index is 1190. The SMILES string of the molecule is Nc1oc2c(C#Cc3ccccc3)nccc2c1Nc1ccc(F)c(Cl)c1. The van der Waals surface area contributed by atoms with Crippen LogP contribution in [0.5, 0.6) is 0 Å². The maximum atomic E-state index is 13.4. The Labute approximate surface area is 159 Å². The van der Waals surface area contributed by atoms with E-state index < -0.39 is 5.82 Å². The normalized spacial score (nSPS) is 10.4. The molecule has 27 heavy (non-hydrogen) atoms. The summed E-state index contributed by atoms with van der Waals surface area (Å²) in [5.74, 6) is 5.76. The highest BCUT2D eigenvalue weighted by molar-refractivity contribution is 6.31. The van der Waals surface area contributed by atoms with Crippen LogP contribution >= 0.6 is 11.6 Å². The zero-order valence-corrected chi connectivity index (χ0v) is 14.7. The zero-order chi connectivity index (χ0) is 18.8. The average Bonchev–Trinajstić information content (AvgIpc) is 3.00. The Balaban J connectivity index is 1.74. The second-order valence-corrected chi connectivity index (χ2v) is 6.15. The molecule has 0 amide bonds. The molecule has 132 valence electrons. The van der Waals surface area contributed by atoms with Gasteiger partial charge in [-0.3, -0.25) is 0 Å². The van der Waals surface area contributed by atoms with Crippen molar-refractivity contribution in [2.45, 2.75) is 0 Å². The molecule has 0 aliphatic heterocycles. The minimum absolute atomic E-state index is 0.0162. The number of hydrogen-bond acceptors (Lipinski definition) is 4. The molecule has 2 aromatic carbocycles. The van der Waals surface area contributed by atoms with E-state index in [1.165, 1.54) is 12.1 Å². The molecule has 2 aromatic heterocycles. The van der Waals surface area contributed by atoms with Gasteiger partial charge in [0, 0.05) is 17.4 Å². The van der Waals surface area contributed by atoms with E-state index in [2.05, 4.69) is 22.1 Å². The van der Waals surface area contributed by atoms with Gasteiger partial charge in [0.05, 0.1) is 10.4 Å². The number of halogens is 2. The van der Waals surface area contributed by atoms with Gasteiger partial charge in [0.1, 0.15) is 11.5 Å². The first-order valence-corrected chi connectivity index (χ1v) is 8.46. The fraction of sp³-hybridized carbons (Fsp3) is 0. The van der Waals surface area contributed by atoms with Crippen LogP contribution in [0.25, 0.3) is 11.0 Å². The van der Waals surface area contributed by atoms with Crippen molar-refractivity contribution in [3.05, 3.63) is 82.9 Å².